The second-order valence-electron chi connectivity index (χ2n) is 1.85. The minimum absolute atomic E-state index is 0.204. The van der Waals surface area contributed by atoms with Gasteiger partial charge in [0, 0.05) is 6.42 Å². The predicted molar refractivity (Wildman–Crippen MR) is 31.7 cm³/mol. The maximum atomic E-state index is 9.86. The maximum absolute atomic E-state index is 9.86. The Morgan fingerprint density at radius 3 is 2.25 bits per heavy atom. The first-order chi connectivity index (χ1) is 3.63. The van der Waals surface area contributed by atoms with Crippen molar-refractivity contribution < 1.29 is 9.90 Å². The first-order valence-corrected chi connectivity index (χ1v) is 2.49. The summed E-state index contributed by atoms with van der Waals surface area (Å²) < 4.78 is 0. The maximum Gasteiger partial charge on any atom is 0.303 e. The van der Waals surface area contributed by atoms with Crippen molar-refractivity contribution in [2.45, 2.75) is 19.8 Å². The summed E-state index contributed by atoms with van der Waals surface area (Å²) in [5, 5.41) is 8.12. The Hall–Kier alpha value is -0.790. The molecule has 0 heterocycles. The highest BCUT2D eigenvalue weighted by atomic mass is 16.4. The minimum atomic E-state index is -0.756. The third-order valence-corrected chi connectivity index (χ3v) is 0.766. The van der Waals surface area contributed by atoms with Crippen LogP contribution in [0.1, 0.15) is 19.8 Å². The quantitative estimate of drug-likeness (QED) is 0.563. The van der Waals surface area contributed by atoms with Gasteiger partial charge in [-0.25, -0.2) is 0 Å². The fraction of sp³-hybridized carbons (Fsp3) is 0.500. The molecule has 0 aromatic carbocycles. The number of carboxylic acids is 1. The molecule has 0 saturated heterocycles. The van der Waals surface area contributed by atoms with Crippen LogP contribution < -0.4 is 0 Å². The van der Waals surface area contributed by atoms with Crippen molar-refractivity contribution in [3.05, 3.63) is 12.2 Å². The molecule has 0 aromatic rings. The highest BCUT2D eigenvalue weighted by Gasteiger charge is 1.93. The summed E-state index contributed by atoms with van der Waals surface area (Å²) in [6, 6.07) is 0. The van der Waals surface area contributed by atoms with E-state index < -0.39 is 5.97 Å². The molecule has 0 unspecified atom stereocenters. The van der Waals surface area contributed by atoms with Crippen LogP contribution >= 0.6 is 0 Å². The van der Waals surface area contributed by atoms with E-state index in [1.807, 2.05) is 6.92 Å². The third kappa shape index (κ3) is 5.21. The molecule has 2 nitrogen and oxygen atoms in total. The number of rotatable bonds is 3. The van der Waals surface area contributed by atoms with Crippen molar-refractivity contribution >= 4 is 5.97 Å². The van der Waals surface area contributed by atoms with Crippen LogP contribution in [0.2, 0.25) is 0 Å². The van der Waals surface area contributed by atoms with Gasteiger partial charge in [0.25, 0.3) is 0 Å². The Morgan fingerprint density at radius 1 is 1.62 bits per heavy atom. The van der Waals surface area contributed by atoms with Crippen molar-refractivity contribution in [1.82, 2.24) is 0 Å². The fourth-order valence-corrected chi connectivity index (χ4v) is 0.320. The lowest BCUT2D eigenvalue weighted by Gasteiger charge is -1.90. The largest absolute Gasteiger partial charge is 0.481 e. The number of hydrogen-bond acceptors (Lipinski definition) is 1. The fourth-order valence-electron chi connectivity index (χ4n) is 0.320. The first kappa shape index (κ1) is 7.21. The van der Waals surface area contributed by atoms with Crippen molar-refractivity contribution in [3.8, 4) is 0 Å². The molecule has 0 bridgehead atoms. The molecule has 8 heavy (non-hydrogen) atoms. The van der Waals surface area contributed by atoms with E-state index in [9.17, 15) is 4.79 Å². The lowest BCUT2D eigenvalue weighted by Crippen LogP contribution is -1.93. The van der Waals surface area contributed by atoms with Crippen LogP contribution in [0, 0.1) is 0 Å². The van der Waals surface area contributed by atoms with Crippen LogP contribution in [-0.2, 0) is 4.79 Å². The summed E-state index contributed by atoms with van der Waals surface area (Å²) in [6.07, 6.45) is 0.796. The van der Waals surface area contributed by atoms with Crippen LogP contribution in [-0.4, -0.2) is 11.1 Å². The topological polar surface area (TPSA) is 37.3 Å². The Labute approximate surface area is 48.8 Å². The zero-order chi connectivity index (χ0) is 6.57. The summed E-state index contributed by atoms with van der Waals surface area (Å²) in [4.78, 5) is 9.86. The molecular formula is C6H10O2. The standard InChI is InChI=1S/C6H10O2/c1-5(2)3-4-6(7)8/h1,3-4H2,2H3,(H,7,8). The van der Waals surface area contributed by atoms with Gasteiger partial charge in [0.15, 0.2) is 0 Å². The van der Waals surface area contributed by atoms with Gasteiger partial charge in [-0.05, 0) is 13.3 Å². The normalized spacial score (nSPS) is 8.62. The SMILES string of the molecule is C=C(C)CCC(=O)O. The Bertz CT molecular complexity index is 91.1. The molecule has 0 rings (SSSR count). The Morgan fingerprint density at radius 2 is 2.12 bits per heavy atom. The molecule has 0 amide bonds. The van der Waals surface area contributed by atoms with Gasteiger partial charge in [-0.1, -0.05) is 5.57 Å². The highest BCUT2D eigenvalue weighted by Crippen LogP contribution is 1.98. The highest BCUT2D eigenvalue weighted by molar-refractivity contribution is 5.66. The molecule has 0 spiro atoms. The van der Waals surface area contributed by atoms with Crippen LogP contribution in [0.5, 0.6) is 0 Å². The van der Waals surface area contributed by atoms with Crippen molar-refractivity contribution in [3.63, 3.8) is 0 Å². The summed E-state index contributed by atoms with van der Waals surface area (Å²) in [5.41, 5.74) is 0.924. The molecule has 0 aliphatic heterocycles. The number of carbonyl (C=O) groups is 1. The van der Waals surface area contributed by atoms with E-state index in [0.717, 1.165) is 5.57 Å². The second kappa shape index (κ2) is 3.24. The predicted octanol–water partition coefficient (Wildman–Crippen LogP) is 1.43. The van der Waals surface area contributed by atoms with E-state index in [1.165, 1.54) is 0 Å². The van der Waals surface area contributed by atoms with E-state index in [4.69, 9.17) is 5.11 Å². The monoisotopic (exact) mass is 114 g/mol. The second-order valence-corrected chi connectivity index (χ2v) is 1.85. The molecule has 0 fully saturated rings. The molecule has 0 radical (unpaired) electrons. The molecule has 0 aliphatic carbocycles. The number of aliphatic carboxylic acids is 1. The van der Waals surface area contributed by atoms with Crippen molar-refractivity contribution in [2.24, 2.45) is 0 Å². The van der Waals surface area contributed by atoms with Crippen LogP contribution in [0.4, 0.5) is 0 Å². The van der Waals surface area contributed by atoms with Gasteiger partial charge >= 0.3 is 5.97 Å². The molecule has 0 saturated carbocycles. The molecule has 0 aliphatic rings. The van der Waals surface area contributed by atoms with Crippen LogP contribution in [0.25, 0.3) is 0 Å². The summed E-state index contributed by atoms with van der Waals surface area (Å²) >= 11 is 0. The van der Waals surface area contributed by atoms with Gasteiger partial charge in [0.2, 0.25) is 0 Å². The Balaban J connectivity index is 3.18. The lowest BCUT2D eigenvalue weighted by molar-refractivity contribution is -0.136. The lowest BCUT2D eigenvalue weighted by atomic mass is 10.2. The number of carboxylic acid groups (broad SMARTS) is 1. The van der Waals surface area contributed by atoms with Crippen LogP contribution in [0.3, 0.4) is 0 Å². The van der Waals surface area contributed by atoms with Gasteiger partial charge in [-0.2, -0.15) is 0 Å². The zero-order valence-corrected chi connectivity index (χ0v) is 4.98. The van der Waals surface area contributed by atoms with E-state index in [2.05, 4.69) is 6.58 Å². The summed E-state index contributed by atoms with van der Waals surface area (Å²) in [6.45, 7) is 5.39. The Kier molecular flexibility index (Phi) is 2.92. The van der Waals surface area contributed by atoms with Crippen molar-refractivity contribution in [2.75, 3.05) is 0 Å². The average molecular weight is 114 g/mol. The van der Waals surface area contributed by atoms with E-state index in [0.29, 0.717) is 6.42 Å². The molecule has 1 N–H and O–H groups in total. The molecule has 2 heteroatoms. The van der Waals surface area contributed by atoms with Gasteiger partial charge in [-0.3, -0.25) is 4.79 Å². The number of hydrogen-bond donors (Lipinski definition) is 1. The molecule has 0 atom stereocenters. The van der Waals surface area contributed by atoms with Crippen molar-refractivity contribution in [1.29, 1.82) is 0 Å². The summed E-state index contributed by atoms with van der Waals surface area (Å²) in [7, 11) is 0. The minimum Gasteiger partial charge on any atom is -0.481 e. The van der Waals surface area contributed by atoms with E-state index >= 15 is 0 Å². The third-order valence-electron chi connectivity index (χ3n) is 0.766. The first-order valence-electron chi connectivity index (χ1n) is 2.49. The number of allylic oxidation sites excluding steroid dienone is 1. The average Bonchev–Trinajstić information content (AvgIpc) is 1.61. The van der Waals surface area contributed by atoms with Crippen LogP contribution in [0.15, 0.2) is 12.2 Å². The van der Waals surface area contributed by atoms with Gasteiger partial charge in [-0.15, -0.1) is 6.58 Å². The van der Waals surface area contributed by atoms with E-state index in [-0.39, 0.29) is 6.42 Å². The molecule has 0 aromatic heterocycles. The molecule has 46 valence electrons. The van der Waals surface area contributed by atoms with Gasteiger partial charge in [0.05, 0.1) is 0 Å². The zero-order valence-electron chi connectivity index (χ0n) is 4.98. The summed E-state index contributed by atoms with van der Waals surface area (Å²) in [5.74, 6) is -0.756. The molecular weight excluding hydrogens is 104 g/mol. The smallest absolute Gasteiger partial charge is 0.303 e. The van der Waals surface area contributed by atoms with Gasteiger partial charge in [0.1, 0.15) is 0 Å². The van der Waals surface area contributed by atoms with E-state index in [1.54, 1.807) is 0 Å². The van der Waals surface area contributed by atoms with Gasteiger partial charge < -0.3 is 5.11 Å².